The van der Waals surface area contributed by atoms with Crippen molar-refractivity contribution in [3.8, 4) is 0 Å². The Morgan fingerprint density at radius 3 is 3.18 bits per heavy atom. The van der Waals surface area contributed by atoms with Crippen LogP contribution >= 0.6 is 11.3 Å². The van der Waals surface area contributed by atoms with Crippen LogP contribution in [0.3, 0.4) is 0 Å². The molecule has 1 aromatic rings. The zero-order valence-corrected chi connectivity index (χ0v) is 6.54. The Hall–Kier alpha value is -1.22. The van der Waals surface area contributed by atoms with Crippen molar-refractivity contribution in [2.45, 2.75) is 0 Å². The fourth-order valence-electron chi connectivity index (χ4n) is 0.819. The first-order valence-electron chi connectivity index (χ1n) is 3.20. The van der Waals surface area contributed by atoms with Crippen molar-refractivity contribution in [3.63, 3.8) is 0 Å². The normalized spacial score (nSPS) is 15.1. The van der Waals surface area contributed by atoms with Gasteiger partial charge in [-0.1, -0.05) is 0 Å². The minimum atomic E-state index is 1.16. The van der Waals surface area contributed by atoms with Gasteiger partial charge in [0.15, 0.2) is 6.26 Å². The van der Waals surface area contributed by atoms with Crippen molar-refractivity contribution < 1.29 is 4.74 Å². The molecule has 2 rings (SSSR count). The summed E-state index contributed by atoms with van der Waals surface area (Å²) in [6.45, 7) is 0. The summed E-state index contributed by atoms with van der Waals surface area (Å²) in [6, 6.07) is 4.05. The van der Waals surface area contributed by atoms with E-state index >= 15 is 0 Å². The minimum absolute atomic E-state index is 1.16. The molecule has 55 valence electrons. The molecule has 0 amide bonds. The molecule has 0 N–H and O–H groups in total. The monoisotopic (exact) mass is 164 g/mol. The SMILES string of the molecule is [C]1=CN(c2cccs2)C=CO1. The second-order valence-corrected chi connectivity index (χ2v) is 2.93. The number of nitrogens with zero attached hydrogens (tertiary/aromatic N) is 1. The van der Waals surface area contributed by atoms with Gasteiger partial charge in [-0.15, -0.1) is 11.3 Å². The molecule has 2 nitrogen and oxygen atoms in total. The van der Waals surface area contributed by atoms with E-state index in [1.54, 1.807) is 23.8 Å². The number of ether oxygens (including phenoxy) is 1. The lowest BCUT2D eigenvalue weighted by Crippen LogP contribution is -2.07. The smallest absolute Gasteiger partial charge is 0.187 e. The van der Waals surface area contributed by atoms with E-state index in [2.05, 4.69) is 6.26 Å². The molecule has 0 bridgehead atoms. The van der Waals surface area contributed by atoms with Gasteiger partial charge in [0.1, 0.15) is 6.26 Å². The lowest BCUT2D eigenvalue weighted by Gasteiger charge is -2.13. The van der Waals surface area contributed by atoms with Gasteiger partial charge in [0.25, 0.3) is 0 Å². The van der Waals surface area contributed by atoms with Gasteiger partial charge in [-0.25, -0.2) is 0 Å². The maximum atomic E-state index is 4.77. The lowest BCUT2D eigenvalue weighted by atomic mass is 10.5. The van der Waals surface area contributed by atoms with Crippen LogP contribution < -0.4 is 4.90 Å². The van der Waals surface area contributed by atoms with Crippen LogP contribution in [0.1, 0.15) is 0 Å². The molecular formula is C8H6NOS. The third-order valence-electron chi connectivity index (χ3n) is 1.31. The van der Waals surface area contributed by atoms with Crippen molar-refractivity contribution in [3.05, 3.63) is 42.4 Å². The molecule has 1 aliphatic heterocycles. The highest BCUT2D eigenvalue weighted by atomic mass is 32.1. The Labute approximate surface area is 69.0 Å². The number of hydrogen-bond donors (Lipinski definition) is 0. The molecule has 1 aliphatic rings. The molecule has 0 unspecified atom stereocenters. The van der Waals surface area contributed by atoms with E-state index < -0.39 is 0 Å². The minimum Gasteiger partial charge on any atom is -0.458 e. The van der Waals surface area contributed by atoms with E-state index in [9.17, 15) is 0 Å². The fourth-order valence-corrected chi connectivity index (χ4v) is 1.51. The Kier molecular flexibility index (Phi) is 1.65. The van der Waals surface area contributed by atoms with Crippen molar-refractivity contribution in [1.82, 2.24) is 0 Å². The molecular weight excluding hydrogens is 158 g/mol. The summed E-state index contributed by atoms with van der Waals surface area (Å²) in [5.41, 5.74) is 0. The van der Waals surface area contributed by atoms with Crippen molar-refractivity contribution in [1.29, 1.82) is 0 Å². The highest BCUT2D eigenvalue weighted by molar-refractivity contribution is 7.14. The van der Waals surface area contributed by atoms with Crippen LogP contribution in [0.4, 0.5) is 5.00 Å². The summed E-state index contributed by atoms with van der Waals surface area (Å²) < 4.78 is 4.77. The van der Waals surface area contributed by atoms with Gasteiger partial charge in [0.2, 0.25) is 0 Å². The molecule has 1 radical (unpaired) electrons. The molecule has 1 aromatic heterocycles. The molecule has 0 atom stereocenters. The number of hydrogen-bond acceptors (Lipinski definition) is 3. The van der Waals surface area contributed by atoms with Crippen LogP contribution in [-0.2, 0) is 4.74 Å². The number of anilines is 1. The van der Waals surface area contributed by atoms with E-state index in [4.69, 9.17) is 4.74 Å². The topological polar surface area (TPSA) is 12.5 Å². The maximum Gasteiger partial charge on any atom is 0.187 e. The zero-order chi connectivity index (χ0) is 7.52. The quantitative estimate of drug-likeness (QED) is 0.631. The Bertz CT molecular complexity index is 264. The highest BCUT2D eigenvalue weighted by Gasteiger charge is 2.01. The highest BCUT2D eigenvalue weighted by Crippen LogP contribution is 2.22. The van der Waals surface area contributed by atoms with Crippen LogP contribution in [0.25, 0.3) is 0 Å². The van der Waals surface area contributed by atoms with Gasteiger partial charge < -0.3 is 9.64 Å². The van der Waals surface area contributed by atoms with Crippen LogP contribution in [-0.4, -0.2) is 0 Å². The van der Waals surface area contributed by atoms with Crippen molar-refractivity contribution in [2.75, 3.05) is 4.90 Å². The van der Waals surface area contributed by atoms with Crippen LogP contribution in [0.5, 0.6) is 0 Å². The summed E-state index contributed by atoms with van der Waals surface area (Å²) in [7, 11) is 0. The Morgan fingerprint density at radius 2 is 2.55 bits per heavy atom. The van der Waals surface area contributed by atoms with E-state index in [1.807, 2.05) is 28.6 Å². The fraction of sp³-hybridized carbons (Fsp3) is 0. The molecule has 0 saturated carbocycles. The van der Waals surface area contributed by atoms with Crippen LogP contribution in [0, 0.1) is 6.26 Å². The second-order valence-electron chi connectivity index (χ2n) is 2.01. The van der Waals surface area contributed by atoms with E-state index in [0.29, 0.717) is 0 Å². The third-order valence-corrected chi connectivity index (χ3v) is 2.19. The lowest BCUT2D eigenvalue weighted by molar-refractivity contribution is 0.366. The van der Waals surface area contributed by atoms with Gasteiger partial charge in [0, 0.05) is 6.20 Å². The first-order valence-corrected chi connectivity index (χ1v) is 4.08. The molecule has 0 aliphatic carbocycles. The average molecular weight is 164 g/mol. The zero-order valence-electron chi connectivity index (χ0n) is 5.73. The molecule has 0 fully saturated rings. The summed E-state index contributed by atoms with van der Waals surface area (Å²) in [5.74, 6) is 0. The van der Waals surface area contributed by atoms with E-state index in [0.717, 1.165) is 5.00 Å². The first-order chi connectivity index (χ1) is 5.47. The van der Waals surface area contributed by atoms with Gasteiger partial charge in [-0.2, -0.15) is 0 Å². The molecule has 3 heteroatoms. The summed E-state index contributed by atoms with van der Waals surface area (Å²) in [5, 5.41) is 3.20. The van der Waals surface area contributed by atoms with Gasteiger partial charge in [-0.05, 0) is 17.5 Å². The molecule has 0 spiro atoms. The first kappa shape index (κ1) is 6.49. The molecule has 0 saturated heterocycles. The summed E-state index contributed by atoms with van der Waals surface area (Å²) >= 11 is 1.68. The maximum absolute atomic E-state index is 4.77. The standard InChI is InChI=1S/C8H6NOS/c1-2-8(11-7-1)9-3-5-10-6-4-9/h1-5,7H. The summed E-state index contributed by atoms with van der Waals surface area (Å²) in [6.07, 6.45) is 7.85. The van der Waals surface area contributed by atoms with E-state index in [-0.39, 0.29) is 0 Å². The van der Waals surface area contributed by atoms with Crippen LogP contribution in [0.15, 0.2) is 36.2 Å². The van der Waals surface area contributed by atoms with E-state index in [1.165, 1.54) is 0 Å². The Balaban J connectivity index is 2.23. The van der Waals surface area contributed by atoms with Gasteiger partial charge in [-0.3, -0.25) is 0 Å². The average Bonchev–Trinajstić information content (AvgIpc) is 2.58. The summed E-state index contributed by atoms with van der Waals surface area (Å²) in [4.78, 5) is 1.95. The predicted molar refractivity (Wildman–Crippen MR) is 44.8 cm³/mol. The molecule has 11 heavy (non-hydrogen) atoms. The van der Waals surface area contributed by atoms with Crippen molar-refractivity contribution in [2.24, 2.45) is 0 Å². The second kappa shape index (κ2) is 2.80. The molecule has 2 heterocycles. The van der Waals surface area contributed by atoms with Gasteiger partial charge in [0.05, 0.1) is 11.2 Å². The van der Waals surface area contributed by atoms with Crippen LogP contribution in [0.2, 0.25) is 0 Å². The van der Waals surface area contributed by atoms with Crippen molar-refractivity contribution >= 4 is 16.3 Å². The third kappa shape index (κ3) is 1.28. The largest absolute Gasteiger partial charge is 0.458 e. The molecule has 0 aromatic carbocycles. The van der Waals surface area contributed by atoms with Gasteiger partial charge >= 0.3 is 0 Å². The number of rotatable bonds is 1. The Morgan fingerprint density at radius 1 is 1.55 bits per heavy atom. The predicted octanol–water partition coefficient (Wildman–Crippen LogP) is 2.33. The number of thiophene rings is 1.